The minimum atomic E-state index is -1.10. The Morgan fingerprint density at radius 1 is 0.941 bits per heavy atom. The molecule has 0 bridgehead atoms. The quantitative estimate of drug-likeness (QED) is 0.204. The van der Waals surface area contributed by atoms with Gasteiger partial charge in [0.15, 0.2) is 5.65 Å². The minimum absolute atomic E-state index is 0.0590. The van der Waals surface area contributed by atoms with Crippen molar-refractivity contribution in [3.8, 4) is 15.6 Å². The summed E-state index contributed by atoms with van der Waals surface area (Å²) in [6.07, 6.45) is 8.83. The Bertz CT molecular complexity index is 2210. The molecule has 2 aliphatic rings. The fourth-order valence-electron chi connectivity index (χ4n) is 7.57. The van der Waals surface area contributed by atoms with E-state index in [9.17, 15) is 14.7 Å². The summed E-state index contributed by atoms with van der Waals surface area (Å²) >= 11 is 3.34. The van der Waals surface area contributed by atoms with Gasteiger partial charge in [0.2, 0.25) is 5.91 Å². The van der Waals surface area contributed by atoms with Crippen LogP contribution in [0.25, 0.3) is 26.6 Å². The molecule has 2 fully saturated rings. The molecule has 6 aromatic rings. The van der Waals surface area contributed by atoms with Gasteiger partial charge in [-0.3, -0.25) is 28.6 Å². The maximum Gasteiger partial charge on any atom is 0.262 e. The highest BCUT2D eigenvalue weighted by Gasteiger charge is 2.41. The first-order valence-electron chi connectivity index (χ1n) is 17.5. The molecule has 0 spiro atoms. The molecule has 7 heterocycles. The van der Waals surface area contributed by atoms with Gasteiger partial charge in [0.25, 0.3) is 5.56 Å². The molecule has 0 aliphatic carbocycles. The number of hydrogen-bond donors (Lipinski definition) is 1. The molecule has 5 aromatic heterocycles. The molecule has 1 N–H and O–H groups in total. The zero-order valence-electron chi connectivity index (χ0n) is 28.8. The second-order valence-electron chi connectivity index (χ2n) is 14.0. The number of amides is 1. The summed E-state index contributed by atoms with van der Waals surface area (Å²) in [6.45, 7) is 7.47. The summed E-state index contributed by atoms with van der Waals surface area (Å²) in [5, 5.41) is 14.2. The highest BCUT2D eigenvalue weighted by atomic mass is 32.1. The Labute approximate surface area is 304 Å². The van der Waals surface area contributed by atoms with Gasteiger partial charge in [-0.25, -0.2) is 9.97 Å². The second kappa shape index (κ2) is 13.9. The lowest BCUT2D eigenvalue weighted by molar-refractivity contribution is -0.142. The third-order valence-corrected chi connectivity index (χ3v) is 12.5. The lowest BCUT2D eigenvalue weighted by Crippen LogP contribution is -2.53. The number of aryl methyl sites for hydroxylation is 2. The van der Waals surface area contributed by atoms with E-state index in [2.05, 4.69) is 51.0 Å². The van der Waals surface area contributed by atoms with Gasteiger partial charge in [0, 0.05) is 77.6 Å². The van der Waals surface area contributed by atoms with Gasteiger partial charge < -0.3 is 10.0 Å². The van der Waals surface area contributed by atoms with Gasteiger partial charge in [-0.05, 0) is 75.5 Å². The Morgan fingerprint density at radius 3 is 2.51 bits per heavy atom. The number of hydrogen-bond acceptors (Lipinski definition) is 9. The van der Waals surface area contributed by atoms with Gasteiger partial charge in [0.05, 0.1) is 17.5 Å². The van der Waals surface area contributed by atoms with Crippen molar-refractivity contribution in [3.63, 3.8) is 0 Å². The number of aromatic nitrogens is 5. The Hall–Kier alpha value is -4.49. The van der Waals surface area contributed by atoms with Crippen molar-refractivity contribution in [1.29, 1.82) is 0 Å². The van der Waals surface area contributed by atoms with E-state index in [0.29, 0.717) is 37.0 Å². The molecular weight excluding hydrogens is 679 g/mol. The predicted octanol–water partition coefficient (Wildman–Crippen LogP) is 6.04. The van der Waals surface area contributed by atoms with Crippen LogP contribution in [0.3, 0.4) is 0 Å². The van der Waals surface area contributed by atoms with E-state index in [-0.39, 0.29) is 29.8 Å². The summed E-state index contributed by atoms with van der Waals surface area (Å²) in [7, 11) is 0. The lowest BCUT2D eigenvalue weighted by atomic mass is 9.79. The number of thiophene rings is 1. The lowest BCUT2D eigenvalue weighted by Gasteiger charge is -2.43. The van der Waals surface area contributed by atoms with E-state index < -0.39 is 5.60 Å². The average Bonchev–Trinajstić information content (AvgIpc) is 3.91. The minimum Gasteiger partial charge on any atom is -0.388 e. The van der Waals surface area contributed by atoms with Crippen molar-refractivity contribution < 1.29 is 9.90 Å². The van der Waals surface area contributed by atoms with Crippen LogP contribution >= 0.6 is 22.7 Å². The highest BCUT2D eigenvalue weighted by Crippen LogP contribution is 2.37. The Kier molecular flexibility index (Phi) is 9.18. The highest BCUT2D eigenvalue weighted by molar-refractivity contribution is 7.15. The second-order valence-corrected chi connectivity index (χ2v) is 16.4. The summed E-state index contributed by atoms with van der Waals surface area (Å²) in [5.41, 5.74) is 2.53. The zero-order chi connectivity index (χ0) is 35.1. The van der Waals surface area contributed by atoms with Crippen molar-refractivity contribution in [3.05, 3.63) is 117 Å². The normalized spacial score (nSPS) is 19.5. The molecule has 0 unspecified atom stereocenters. The number of benzene rings is 1. The first kappa shape index (κ1) is 33.6. The smallest absolute Gasteiger partial charge is 0.262 e. The number of carbonyl (C=O) groups excluding carboxylic acids is 1. The molecule has 1 aromatic carbocycles. The molecule has 2 saturated heterocycles. The van der Waals surface area contributed by atoms with Crippen LogP contribution in [0.1, 0.15) is 46.2 Å². The van der Waals surface area contributed by atoms with Crippen LogP contribution in [0, 0.1) is 19.8 Å². The van der Waals surface area contributed by atoms with Gasteiger partial charge in [-0.1, -0.05) is 30.3 Å². The number of likely N-dealkylation sites (tertiary alicyclic amines) is 2. The van der Waals surface area contributed by atoms with Crippen LogP contribution in [0.5, 0.6) is 0 Å². The first-order valence-corrected chi connectivity index (χ1v) is 19.2. The molecular formula is C39H41N7O3S2. The number of carbonyl (C=O) groups is 1. The van der Waals surface area contributed by atoms with E-state index in [0.717, 1.165) is 47.3 Å². The van der Waals surface area contributed by atoms with Crippen LogP contribution in [-0.2, 0) is 17.9 Å². The molecule has 8 rings (SSSR count). The van der Waals surface area contributed by atoms with Crippen LogP contribution in [-0.4, -0.2) is 76.7 Å². The number of thiazole rings is 1. The average molecular weight is 720 g/mol. The summed E-state index contributed by atoms with van der Waals surface area (Å²) in [6, 6.07) is 20.3. The van der Waals surface area contributed by atoms with E-state index in [1.54, 1.807) is 35.1 Å². The first-order chi connectivity index (χ1) is 24.7. The van der Waals surface area contributed by atoms with Crippen molar-refractivity contribution in [2.45, 2.75) is 57.7 Å². The number of aliphatic hydroxyl groups is 1. The zero-order valence-corrected chi connectivity index (χ0v) is 30.4. The number of fused-ring (bicyclic) bond motifs is 1. The van der Waals surface area contributed by atoms with E-state index in [1.165, 1.54) is 19.9 Å². The van der Waals surface area contributed by atoms with Crippen molar-refractivity contribution in [1.82, 2.24) is 33.9 Å². The van der Waals surface area contributed by atoms with Crippen molar-refractivity contribution >= 4 is 39.6 Å². The maximum atomic E-state index is 14.2. The summed E-state index contributed by atoms with van der Waals surface area (Å²) < 4.78 is 3.46. The van der Waals surface area contributed by atoms with Crippen LogP contribution in [0.2, 0.25) is 0 Å². The Balaban J connectivity index is 0.928. The molecule has 0 saturated carbocycles. The molecule has 262 valence electrons. The van der Waals surface area contributed by atoms with Gasteiger partial charge >= 0.3 is 0 Å². The number of nitrogens with zero attached hydrogens (tertiary/aromatic N) is 7. The standard InChI is InChI=1S/C39H41N7O3S2/c1-26-8-10-29(20-40-26)36-41-21-30(51-36)22-43-16-12-31(33(23-43)28-6-4-3-5-7-28)37(47)44-18-14-39(49,15-19-44)24-45-25-42-35-32(38(45)48)13-17-46(35)34-11-9-27(2)50-34/h3-11,13,17,20-21,25,31,33,49H,12,14-16,18-19,22-24H2,1-2H3/t31-,33+/m1/s1. The SMILES string of the molecule is Cc1ccc(-c2ncc(CN3CC[C@@H](C(=O)N4CCC(O)(Cn5cnc6c(ccn6-c6ccc(C)s6)c5=O)CC4)[C@H](c4ccccc4)C3)s2)cn1. The number of rotatable bonds is 8. The van der Waals surface area contributed by atoms with Crippen molar-refractivity contribution in [2.24, 2.45) is 5.92 Å². The molecule has 12 heteroatoms. The monoisotopic (exact) mass is 719 g/mol. The largest absolute Gasteiger partial charge is 0.388 e. The van der Waals surface area contributed by atoms with E-state index in [1.807, 2.05) is 65.3 Å². The molecule has 1 amide bonds. The fraction of sp³-hybridized carbons (Fsp3) is 0.359. The molecule has 0 radical (unpaired) electrons. The number of pyridine rings is 1. The van der Waals surface area contributed by atoms with Crippen LogP contribution in [0.15, 0.2) is 90.4 Å². The topological polar surface area (TPSA) is 109 Å². The van der Waals surface area contributed by atoms with Gasteiger partial charge in [-0.2, -0.15) is 0 Å². The van der Waals surface area contributed by atoms with Crippen molar-refractivity contribution in [2.75, 3.05) is 26.2 Å². The molecule has 51 heavy (non-hydrogen) atoms. The molecule has 10 nitrogen and oxygen atoms in total. The van der Waals surface area contributed by atoms with Crippen LogP contribution in [0.4, 0.5) is 0 Å². The third kappa shape index (κ3) is 6.93. The van der Waals surface area contributed by atoms with Crippen LogP contribution < -0.4 is 5.56 Å². The third-order valence-electron chi connectivity index (χ3n) is 10.4. The number of piperidine rings is 2. The van der Waals surface area contributed by atoms with Gasteiger partial charge in [-0.15, -0.1) is 22.7 Å². The Morgan fingerprint density at radius 2 is 1.76 bits per heavy atom. The predicted molar refractivity (Wildman–Crippen MR) is 201 cm³/mol. The fourth-order valence-corrected chi connectivity index (χ4v) is 9.37. The molecule has 2 atom stereocenters. The van der Waals surface area contributed by atoms with E-state index >= 15 is 0 Å². The summed E-state index contributed by atoms with van der Waals surface area (Å²) in [5.74, 6) is 0.0718. The van der Waals surface area contributed by atoms with E-state index in [4.69, 9.17) is 0 Å². The van der Waals surface area contributed by atoms with Gasteiger partial charge in [0.1, 0.15) is 16.3 Å². The summed E-state index contributed by atoms with van der Waals surface area (Å²) in [4.78, 5) is 48.2. The molecule has 2 aliphatic heterocycles. The maximum absolute atomic E-state index is 14.2.